The Bertz CT molecular complexity index is 895. The zero-order valence-corrected chi connectivity index (χ0v) is 21.1. The molecule has 0 bridgehead atoms. The molecule has 2 aliphatic rings. The van der Waals surface area contributed by atoms with Crippen molar-refractivity contribution in [2.75, 3.05) is 32.8 Å². The molecule has 1 atom stereocenters. The van der Waals surface area contributed by atoms with Crippen LogP contribution < -0.4 is 4.74 Å². The van der Waals surface area contributed by atoms with Gasteiger partial charge >= 0.3 is 6.18 Å². The first-order chi connectivity index (χ1) is 16.4. The Balaban J connectivity index is 1.76. The quantitative estimate of drug-likeness (QED) is 0.570. The molecule has 0 unspecified atom stereocenters. The second-order valence-electron chi connectivity index (χ2n) is 9.98. The molecular formula is C25H34ClF3N2O4. The van der Waals surface area contributed by atoms with Gasteiger partial charge in [0.2, 0.25) is 11.8 Å². The number of rotatable bonds is 7. The van der Waals surface area contributed by atoms with Gasteiger partial charge in [0.25, 0.3) is 0 Å². The molecule has 10 heteroatoms. The number of aryl methyl sites for hydroxylation is 2. The van der Waals surface area contributed by atoms with Gasteiger partial charge in [-0.3, -0.25) is 9.59 Å². The van der Waals surface area contributed by atoms with Gasteiger partial charge in [-0.05, 0) is 62.8 Å². The number of benzene rings is 1. The highest BCUT2D eigenvalue weighted by Gasteiger charge is 2.41. The number of hydrogen-bond acceptors (Lipinski definition) is 4. The number of piperidine rings is 2. The van der Waals surface area contributed by atoms with E-state index >= 15 is 0 Å². The number of hydrogen-bond donors (Lipinski definition) is 1. The largest absolute Gasteiger partial charge is 0.493 e. The summed E-state index contributed by atoms with van der Waals surface area (Å²) in [5.41, 5.74) is 0.985. The van der Waals surface area contributed by atoms with Gasteiger partial charge in [0.05, 0.1) is 19.1 Å². The van der Waals surface area contributed by atoms with Gasteiger partial charge in [-0.25, -0.2) is 0 Å². The summed E-state index contributed by atoms with van der Waals surface area (Å²) in [5.74, 6) is -0.0514. The maximum atomic E-state index is 13.2. The van der Waals surface area contributed by atoms with E-state index in [1.165, 1.54) is 4.90 Å². The number of ether oxygens (including phenoxy) is 1. The average Bonchev–Trinajstić information content (AvgIpc) is 2.79. The topological polar surface area (TPSA) is 70.1 Å². The SMILES string of the molecule is Cc1cc(OC[C@]2(CC(=O)N3CCC(O)CC3)CCCN(C(=O)CCC(F)(F)F)C2)cc(C)c1Cl. The number of nitrogens with zero attached hydrogens (tertiary/aromatic N) is 2. The van der Waals surface area contributed by atoms with E-state index in [0.717, 1.165) is 11.1 Å². The Labute approximate surface area is 209 Å². The third-order valence-electron chi connectivity index (χ3n) is 6.93. The zero-order valence-electron chi connectivity index (χ0n) is 20.3. The van der Waals surface area contributed by atoms with Gasteiger partial charge in [-0.2, -0.15) is 13.2 Å². The predicted octanol–water partition coefficient (Wildman–Crippen LogP) is 4.66. The second-order valence-corrected chi connectivity index (χ2v) is 10.4. The van der Waals surface area contributed by atoms with Gasteiger partial charge in [0, 0.05) is 49.5 Å². The number of carbonyl (C=O) groups excluding carboxylic acids is 2. The van der Waals surface area contributed by atoms with Crippen LogP contribution in [0.4, 0.5) is 13.2 Å². The van der Waals surface area contributed by atoms with E-state index in [4.69, 9.17) is 16.3 Å². The zero-order chi connectivity index (χ0) is 25.8. The molecule has 1 aromatic carbocycles. The molecule has 6 nitrogen and oxygen atoms in total. The highest BCUT2D eigenvalue weighted by molar-refractivity contribution is 6.32. The molecule has 1 N–H and O–H groups in total. The van der Waals surface area contributed by atoms with E-state index in [1.807, 2.05) is 26.0 Å². The Morgan fingerprint density at radius 3 is 2.34 bits per heavy atom. The van der Waals surface area contributed by atoms with E-state index in [9.17, 15) is 27.9 Å². The normalized spacial score (nSPS) is 21.8. The lowest BCUT2D eigenvalue weighted by Gasteiger charge is -2.43. The van der Waals surface area contributed by atoms with Crippen LogP contribution in [-0.2, 0) is 9.59 Å². The summed E-state index contributed by atoms with van der Waals surface area (Å²) in [7, 11) is 0. The number of likely N-dealkylation sites (tertiary alicyclic amines) is 2. The molecule has 2 fully saturated rings. The summed E-state index contributed by atoms with van der Waals surface area (Å²) in [5, 5.41) is 10.4. The molecule has 2 saturated heterocycles. The highest BCUT2D eigenvalue weighted by atomic mass is 35.5. The summed E-state index contributed by atoms with van der Waals surface area (Å²) >= 11 is 6.26. The Kier molecular flexibility index (Phi) is 8.96. The summed E-state index contributed by atoms with van der Waals surface area (Å²) in [6.07, 6.45) is -4.23. The van der Waals surface area contributed by atoms with E-state index in [0.29, 0.717) is 56.1 Å². The molecule has 196 valence electrons. The van der Waals surface area contributed by atoms with Gasteiger partial charge in [-0.15, -0.1) is 0 Å². The smallest absolute Gasteiger partial charge is 0.389 e. The molecule has 35 heavy (non-hydrogen) atoms. The minimum Gasteiger partial charge on any atom is -0.493 e. The average molecular weight is 519 g/mol. The van der Waals surface area contributed by atoms with E-state index in [1.54, 1.807) is 4.90 Å². The molecule has 2 amide bonds. The Morgan fingerprint density at radius 1 is 1.11 bits per heavy atom. The van der Waals surface area contributed by atoms with Gasteiger partial charge in [0.1, 0.15) is 5.75 Å². The van der Waals surface area contributed by atoms with E-state index in [-0.39, 0.29) is 25.5 Å². The lowest BCUT2D eigenvalue weighted by Crippen LogP contribution is -2.51. The molecular weight excluding hydrogens is 485 g/mol. The third-order valence-corrected chi connectivity index (χ3v) is 7.53. The number of amides is 2. The summed E-state index contributed by atoms with van der Waals surface area (Å²) in [4.78, 5) is 29.0. The molecule has 0 saturated carbocycles. The van der Waals surface area contributed by atoms with Crippen molar-refractivity contribution in [2.24, 2.45) is 5.41 Å². The van der Waals surface area contributed by atoms with Crippen molar-refractivity contribution < 1.29 is 32.6 Å². The van der Waals surface area contributed by atoms with Gasteiger partial charge in [0.15, 0.2) is 0 Å². The number of alkyl halides is 3. The summed E-state index contributed by atoms with van der Waals surface area (Å²) < 4.78 is 44.1. The lowest BCUT2D eigenvalue weighted by molar-refractivity contribution is -0.152. The minimum atomic E-state index is -4.40. The maximum Gasteiger partial charge on any atom is 0.389 e. The summed E-state index contributed by atoms with van der Waals surface area (Å²) in [6.45, 7) is 5.33. The fraction of sp³-hybridized carbons (Fsp3) is 0.680. The number of halogens is 4. The van der Waals surface area contributed by atoms with Crippen molar-refractivity contribution in [2.45, 2.75) is 71.1 Å². The van der Waals surface area contributed by atoms with Crippen LogP contribution in [0.5, 0.6) is 5.75 Å². The maximum absolute atomic E-state index is 13.2. The van der Waals surface area contributed by atoms with Gasteiger partial charge in [-0.1, -0.05) is 11.6 Å². The Hall–Kier alpha value is -2.00. The van der Waals surface area contributed by atoms with Crippen LogP contribution in [0, 0.1) is 19.3 Å². The highest BCUT2D eigenvalue weighted by Crippen LogP contribution is 2.37. The fourth-order valence-electron chi connectivity index (χ4n) is 4.91. The summed E-state index contributed by atoms with van der Waals surface area (Å²) in [6, 6.07) is 3.62. The van der Waals surface area contributed by atoms with Crippen LogP contribution in [0.2, 0.25) is 5.02 Å². The van der Waals surface area contributed by atoms with Crippen LogP contribution in [0.1, 0.15) is 56.1 Å². The van der Waals surface area contributed by atoms with Crippen molar-refractivity contribution in [3.8, 4) is 5.75 Å². The van der Waals surface area contributed by atoms with Crippen molar-refractivity contribution in [1.29, 1.82) is 0 Å². The van der Waals surface area contributed by atoms with Crippen LogP contribution >= 0.6 is 11.6 Å². The fourth-order valence-corrected chi connectivity index (χ4v) is 5.02. The van der Waals surface area contributed by atoms with Crippen molar-refractivity contribution >= 4 is 23.4 Å². The molecule has 3 rings (SSSR count). The number of carbonyl (C=O) groups is 2. The van der Waals surface area contributed by atoms with Crippen LogP contribution in [0.25, 0.3) is 0 Å². The molecule has 0 aliphatic carbocycles. The lowest BCUT2D eigenvalue weighted by atomic mass is 9.77. The van der Waals surface area contributed by atoms with E-state index < -0.39 is 36.4 Å². The molecule has 0 aromatic heterocycles. The minimum absolute atomic E-state index is 0.0893. The molecule has 0 radical (unpaired) electrons. The standard InChI is InChI=1S/C25H34ClF3N2O4/c1-17-12-20(13-18(2)23(17)26)35-16-24(14-22(34)30-10-5-19(32)6-11-30)7-3-9-31(15-24)21(33)4-8-25(27,28)29/h12-13,19,32H,3-11,14-16H2,1-2H3/t24-/m0/s1. The third kappa shape index (κ3) is 7.74. The van der Waals surface area contributed by atoms with Crippen molar-refractivity contribution in [3.05, 3.63) is 28.3 Å². The van der Waals surface area contributed by atoms with Crippen LogP contribution in [0.15, 0.2) is 12.1 Å². The van der Waals surface area contributed by atoms with Crippen molar-refractivity contribution in [3.63, 3.8) is 0 Å². The van der Waals surface area contributed by atoms with E-state index in [2.05, 4.69) is 0 Å². The van der Waals surface area contributed by atoms with Crippen LogP contribution in [-0.4, -0.2) is 71.8 Å². The second kappa shape index (κ2) is 11.4. The predicted molar refractivity (Wildman–Crippen MR) is 126 cm³/mol. The van der Waals surface area contributed by atoms with Crippen molar-refractivity contribution in [1.82, 2.24) is 9.80 Å². The molecule has 0 spiro atoms. The Morgan fingerprint density at radius 2 is 1.74 bits per heavy atom. The first-order valence-corrected chi connectivity index (χ1v) is 12.5. The first kappa shape index (κ1) is 27.6. The number of aliphatic hydroxyl groups is 1. The molecule has 2 aliphatic heterocycles. The first-order valence-electron chi connectivity index (χ1n) is 12.1. The number of aliphatic hydroxyl groups excluding tert-OH is 1. The molecule has 1 aromatic rings. The van der Waals surface area contributed by atoms with Crippen LogP contribution in [0.3, 0.4) is 0 Å². The monoisotopic (exact) mass is 518 g/mol. The molecule has 2 heterocycles. The van der Waals surface area contributed by atoms with Gasteiger partial charge < -0.3 is 19.6 Å².